The van der Waals surface area contributed by atoms with Crippen LogP contribution < -0.4 is 29.1 Å². The van der Waals surface area contributed by atoms with E-state index in [0.29, 0.717) is 37.9 Å². The Labute approximate surface area is 212 Å². The van der Waals surface area contributed by atoms with Gasteiger partial charge < -0.3 is 18.9 Å². The molecule has 1 aromatic heterocycles. The lowest BCUT2D eigenvalue weighted by atomic mass is 9.96. The first-order chi connectivity index (χ1) is 17.3. The van der Waals surface area contributed by atoms with E-state index in [-0.39, 0.29) is 11.7 Å². The molecule has 2 heterocycles. The highest BCUT2D eigenvalue weighted by molar-refractivity contribution is 7.07. The molecule has 0 N–H and O–H groups in total. The van der Waals surface area contributed by atoms with Gasteiger partial charge >= 0.3 is 5.97 Å². The molecule has 0 radical (unpaired) electrons. The number of carbonyl (C=O) groups is 1. The Morgan fingerprint density at radius 3 is 2.31 bits per heavy atom. The summed E-state index contributed by atoms with van der Waals surface area (Å²) in [6.45, 7) is 5.33. The molecular weight excluding hydrogens is 480 g/mol. The maximum absolute atomic E-state index is 13.8. The first-order valence-corrected chi connectivity index (χ1v) is 12.2. The van der Waals surface area contributed by atoms with Crippen LogP contribution in [0.25, 0.3) is 6.08 Å². The minimum atomic E-state index is -0.696. The van der Waals surface area contributed by atoms with E-state index in [4.69, 9.17) is 18.9 Å². The third-order valence-electron chi connectivity index (χ3n) is 5.74. The van der Waals surface area contributed by atoms with Crippen molar-refractivity contribution in [2.75, 3.05) is 21.3 Å². The number of aromatic nitrogens is 1. The van der Waals surface area contributed by atoms with Crippen LogP contribution in [0.3, 0.4) is 0 Å². The first-order valence-electron chi connectivity index (χ1n) is 11.4. The highest BCUT2D eigenvalue weighted by Gasteiger charge is 2.33. The molecule has 3 aromatic rings. The van der Waals surface area contributed by atoms with E-state index in [2.05, 4.69) is 4.99 Å². The SMILES string of the molecule is COc1ccc([C@H]2C(C(=O)OC(C)C)=C(C)N=c3s/c(=C\c4ccc(OC)cc4OC)c(=O)n32)cc1. The van der Waals surface area contributed by atoms with E-state index in [9.17, 15) is 9.59 Å². The molecule has 1 aliphatic rings. The summed E-state index contributed by atoms with van der Waals surface area (Å²) < 4.78 is 23.6. The van der Waals surface area contributed by atoms with Gasteiger partial charge in [0.25, 0.3) is 5.56 Å². The van der Waals surface area contributed by atoms with Crippen LogP contribution in [0.5, 0.6) is 17.2 Å². The Bertz CT molecular complexity index is 1500. The number of esters is 1. The average molecular weight is 509 g/mol. The van der Waals surface area contributed by atoms with Crippen LogP contribution in [-0.2, 0) is 9.53 Å². The fraction of sp³-hybridized carbons (Fsp3) is 0.296. The van der Waals surface area contributed by atoms with Crippen LogP contribution >= 0.6 is 11.3 Å². The minimum absolute atomic E-state index is 0.264. The van der Waals surface area contributed by atoms with Crippen molar-refractivity contribution in [1.82, 2.24) is 4.57 Å². The van der Waals surface area contributed by atoms with Crippen molar-refractivity contribution < 1.29 is 23.7 Å². The van der Waals surface area contributed by atoms with Crippen molar-refractivity contribution in [2.24, 2.45) is 4.99 Å². The Morgan fingerprint density at radius 1 is 1.03 bits per heavy atom. The van der Waals surface area contributed by atoms with Crippen LogP contribution in [0.15, 0.2) is 63.5 Å². The van der Waals surface area contributed by atoms with Gasteiger partial charge in [-0.15, -0.1) is 0 Å². The summed E-state index contributed by atoms with van der Waals surface area (Å²) in [5.41, 5.74) is 2.04. The average Bonchev–Trinajstić information content (AvgIpc) is 3.17. The predicted octanol–water partition coefficient (Wildman–Crippen LogP) is 3.21. The van der Waals surface area contributed by atoms with Gasteiger partial charge in [0.15, 0.2) is 4.80 Å². The Kier molecular flexibility index (Phi) is 7.30. The topological polar surface area (TPSA) is 88.4 Å². The zero-order chi connectivity index (χ0) is 26.0. The Morgan fingerprint density at radius 2 is 1.69 bits per heavy atom. The molecule has 4 rings (SSSR count). The molecule has 8 nitrogen and oxygen atoms in total. The first kappa shape index (κ1) is 25.2. The van der Waals surface area contributed by atoms with E-state index >= 15 is 0 Å². The number of allylic oxidation sites excluding steroid dienone is 1. The fourth-order valence-corrected chi connectivity index (χ4v) is 5.08. The molecule has 0 fully saturated rings. The minimum Gasteiger partial charge on any atom is -0.497 e. The van der Waals surface area contributed by atoms with Crippen LogP contribution in [0.1, 0.15) is 37.9 Å². The molecule has 188 valence electrons. The summed E-state index contributed by atoms with van der Waals surface area (Å²) >= 11 is 1.25. The second kappa shape index (κ2) is 10.4. The number of thiazole rings is 1. The summed E-state index contributed by atoms with van der Waals surface area (Å²) in [5.74, 6) is 1.39. The molecule has 9 heteroatoms. The maximum Gasteiger partial charge on any atom is 0.338 e. The molecule has 0 saturated heterocycles. The van der Waals surface area contributed by atoms with Gasteiger partial charge in [0, 0.05) is 11.6 Å². The highest BCUT2D eigenvalue weighted by atomic mass is 32.1. The van der Waals surface area contributed by atoms with Crippen LogP contribution in [0, 0.1) is 0 Å². The smallest absolute Gasteiger partial charge is 0.338 e. The zero-order valence-electron chi connectivity index (χ0n) is 21.0. The molecule has 0 aliphatic carbocycles. The quantitative estimate of drug-likeness (QED) is 0.456. The van der Waals surface area contributed by atoms with Gasteiger partial charge in [-0.2, -0.15) is 0 Å². The van der Waals surface area contributed by atoms with Crippen LogP contribution in [-0.4, -0.2) is 38.0 Å². The van der Waals surface area contributed by atoms with Gasteiger partial charge in [-0.05, 0) is 56.7 Å². The molecule has 1 aliphatic heterocycles. The highest BCUT2D eigenvalue weighted by Crippen LogP contribution is 2.32. The number of hydrogen-bond donors (Lipinski definition) is 0. The normalized spacial score (nSPS) is 15.4. The number of benzene rings is 2. The lowest BCUT2D eigenvalue weighted by Gasteiger charge is -2.25. The number of methoxy groups -OCH3 is 3. The number of carbonyl (C=O) groups excluding carboxylic acids is 1. The lowest BCUT2D eigenvalue weighted by molar-refractivity contribution is -0.143. The molecule has 2 aromatic carbocycles. The summed E-state index contributed by atoms with van der Waals surface area (Å²) in [5, 5.41) is 0. The summed E-state index contributed by atoms with van der Waals surface area (Å²) in [4.78, 5) is 32.1. The fourth-order valence-electron chi connectivity index (χ4n) is 4.04. The zero-order valence-corrected chi connectivity index (χ0v) is 21.8. The Hall–Kier alpha value is -3.85. The van der Waals surface area contributed by atoms with Gasteiger partial charge in [0.05, 0.1) is 49.3 Å². The number of rotatable bonds is 7. The summed E-state index contributed by atoms with van der Waals surface area (Å²) in [6.07, 6.45) is 1.44. The maximum atomic E-state index is 13.8. The third-order valence-corrected chi connectivity index (χ3v) is 6.73. The summed E-state index contributed by atoms with van der Waals surface area (Å²) in [7, 11) is 4.73. The van der Waals surface area contributed by atoms with Crippen molar-refractivity contribution in [3.8, 4) is 17.2 Å². The predicted molar refractivity (Wildman–Crippen MR) is 138 cm³/mol. The van der Waals surface area contributed by atoms with Crippen molar-refractivity contribution >= 4 is 23.4 Å². The molecule has 0 spiro atoms. The summed E-state index contributed by atoms with van der Waals surface area (Å²) in [6, 6.07) is 12.0. The number of ether oxygens (including phenoxy) is 4. The van der Waals surface area contributed by atoms with Crippen molar-refractivity contribution in [1.29, 1.82) is 0 Å². The molecule has 0 unspecified atom stereocenters. The van der Waals surface area contributed by atoms with Crippen molar-refractivity contribution in [3.05, 3.63) is 84.5 Å². The van der Waals surface area contributed by atoms with Crippen molar-refractivity contribution in [3.63, 3.8) is 0 Å². The lowest BCUT2D eigenvalue weighted by Crippen LogP contribution is -2.40. The van der Waals surface area contributed by atoms with E-state index in [1.54, 1.807) is 77.0 Å². The Balaban J connectivity index is 1.93. The molecule has 1 atom stereocenters. The number of fused-ring (bicyclic) bond motifs is 1. The van der Waals surface area contributed by atoms with E-state index in [1.165, 1.54) is 11.3 Å². The largest absolute Gasteiger partial charge is 0.497 e. The molecule has 36 heavy (non-hydrogen) atoms. The standard InChI is InChI=1S/C27H28N2O6S/c1-15(2)35-26(31)23-16(3)28-27-29(24(23)17-7-10-19(32-4)11-8-17)25(30)22(36-27)13-18-9-12-20(33-5)14-21(18)34-6/h7-15,24H,1-6H3/b22-13-/t24-/m0/s1. The number of nitrogens with zero attached hydrogens (tertiary/aromatic N) is 2. The monoisotopic (exact) mass is 508 g/mol. The van der Waals surface area contributed by atoms with Gasteiger partial charge in [-0.3, -0.25) is 9.36 Å². The van der Waals surface area contributed by atoms with Gasteiger partial charge in [-0.25, -0.2) is 9.79 Å². The van der Waals surface area contributed by atoms with Gasteiger partial charge in [0.1, 0.15) is 17.2 Å². The molecule has 0 amide bonds. The second-order valence-corrected chi connectivity index (χ2v) is 9.43. The molecule has 0 bridgehead atoms. The third kappa shape index (κ3) is 4.79. The number of hydrogen-bond acceptors (Lipinski definition) is 8. The van der Waals surface area contributed by atoms with Crippen LogP contribution in [0.4, 0.5) is 0 Å². The van der Waals surface area contributed by atoms with E-state index in [0.717, 1.165) is 11.1 Å². The van der Waals surface area contributed by atoms with Crippen molar-refractivity contribution in [2.45, 2.75) is 32.9 Å². The van der Waals surface area contributed by atoms with Crippen LogP contribution in [0.2, 0.25) is 0 Å². The second-order valence-electron chi connectivity index (χ2n) is 8.42. The van der Waals surface area contributed by atoms with Gasteiger partial charge in [-0.1, -0.05) is 23.5 Å². The molecular formula is C27H28N2O6S. The molecule has 0 saturated carbocycles. The van der Waals surface area contributed by atoms with E-state index < -0.39 is 12.0 Å². The van der Waals surface area contributed by atoms with Gasteiger partial charge in [0.2, 0.25) is 0 Å². The van der Waals surface area contributed by atoms with E-state index in [1.807, 2.05) is 18.2 Å².